The molecule has 0 aliphatic carbocycles. The van der Waals surface area contributed by atoms with Crippen LogP contribution in [0, 0.1) is 0 Å². The van der Waals surface area contributed by atoms with Gasteiger partial charge in [0.15, 0.2) is 0 Å². The van der Waals surface area contributed by atoms with E-state index < -0.39 is 0 Å². The van der Waals surface area contributed by atoms with Crippen LogP contribution >= 0.6 is 0 Å². The Labute approximate surface area is 140 Å². The highest BCUT2D eigenvalue weighted by molar-refractivity contribution is 5.80. The quantitative estimate of drug-likeness (QED) is 0.578. The normalized spacial score (nSPS) is 11.5. The number of benzene rings is 2. The Bertz CT molecular complexity index is 942. The number of anilines is 1. The summed E-state index contributed by atoms with van der Waals surface area (Å²) in [5.41, 5.74) is 4.54. The number of rotatable bonds is 5. The van der Waals surface area contributed by atoms with Crippen molar-refractivity contribution in [2.45, 2.75) is 13.5 Å². The molecule has 0 unspecified atom stereocenters. The number of nitrogens with zero attached hydrogens (tertiary/aromatic N) is 3. The van der Waals surface area contributed by atoms with E-state index >= 15 is 0 Å². The minimum absolute atomic E-state index is 0.0689. The van der Waals surface area contributed by atoms with Crippen LogP contribution in [0.4, 0.5) is 5.95 Å². The van der Waals surface area contributed by atoms with E-state index in [2.05, 4.69) is 15.5 Å². The largest absolute Gasteiger partial charge is 0.277 e. The summed E-state index contributed by atoms with van der Waals surface area (Å²) in [7, 11) is 0. The highest BCUT2D eigenvalue weighted by Gasteiger charge is 2.08. The number of fused-ring (bicyclic) bond motifs is 1. The van der Waals surface area contributed by atoms with Crippen LogP contribution in [-0.2, 0) is 6.54 Å². The lowest BCUT2D eigenvalue weighted by Gasteiger charge is -2.10. The first kappa shape index (κ1) is 15.7. The Balaban J connectivity index is 1.81. The van der Waals surface area contributed by atoms with Crippen molar-refractivity contribution in [1.82, 2.24) is 9.55 Å². The molecule has 0 amide bonds. The van der Waals surface area contributed by atoms with Crippen molar-refractivity contribution in [2.75, 3.05) is 5.43 Å². The summed E-state index contributed by atoms with van der Waals surface area (Å²) >= 11 is 0. The summed E-state index contributed by atoms with van der Waals surface area (Å²) in [5.74, 6) is 0.436. The summed E-state index contributed by atoms with van der Waals surface area (Å²) in [6.45, 7) is 2.43. The van der Waals surface area contributed by atoms with Crippen molar-refractivity contribution >= 4 is 29.1 Å². The molecule has 0 atom stereocenters. The maximum atomic E-state index is 12.5. The van der Waals surface area contributed by atoms with E-state index in [4.69, 9.17) is 0 Å². The first-order valence-electron chi connectivity index (χ1n) is 7.80. The smallest absolute Gasteiger partial charge is 0.262 e. The van der Waals surface area contributed by atoms with E-state index in [-0.39, 0.29) is 5.56 Å². The van der Waals surface area contributed by atoms with Gasteiger partial charge in [-0.3, -0.25) is 9.36 Å². The molecule has 0 saturated heterocycles. The molecule has 120 valence electrons. The van der Waals surface area contributed by atoms with Crippen molar-refractivity contribution in [3.8, 4) is 0 Å². The molecule has 5 nitrogen and oxygen atoms in total. The zero-order valence-corrected chi connectivity index (χ0v) is 13.4. The van der Waals surface area contributed by atoms with Gasteiger partial charge in [-0.25, -0.2) is 10.4 Å². The van der Waals surface area contributed by atoms with Crippen LogP contribution in [0.15, 0.2) is 70.6 Å². The van der Waals surface area contributed by atoms with E-state index in [1.807, 2.05) is 67.6 Å². The Morgan fingerprint density at radius 3 is 2.67 bits per heavy atom. The highest BCUT2D eigenvalue weighted by Crippen LogP contribution is 2.10. The van der Waals surface area contributed by atoms with Gasteiger partial charge in [0.2, 0.25) is 5.95 Å². The van der Waals surface area contributed by atoms with Crippen molar-refractivity contribution in [1.29, 1.82) is 0 Å². The molecule has 3 rings (SSSR count). The third-order valence-corrected chi connectivity index (χ3v) is 3.59. The van der Waals surface area contributed by atoms with E-state index in [0.717, 1.165) is 5.56 Å². The van der Waals surface area contributed by atoms with Gasteiger partial charge in [-0.15, -0.1) is 0 Å². The van der Waals surface area contributed by atoms with Crippen LogP contribution in [-0.4, -0.2) is 15.8 Å². The summed E-state index contributed by atoms with van der Waals surface area (Å²) in [4.78, 5) is 16.9. The molecule has 24 heavy (non-hydrogen) atoms. The lowest BCUT2D eigenvalue weighted by atomic mass is 10.2. The average Bonchev–Trinajstić information content (AvgIpc) is 2.62. The fourth-order valence-corrected chi connectivity index (χ4v) is 2.40. The number of aromatic nitrogens is 2. The number of allylic oxidation sites excluding steroid dienone is 1. The van der Waals surface area contributed by atoms with Crippen molar-refractivity contribution < 1.29 is 0 Å². The van der Waals surface area contributed by atoms with Crippen molar-refractivity contribution in [3.63, 3.8) is 0 Å². The van der Waals surface area contributed by atoms with Crippen LogP contribution in [0.5, 0.6) is 0 Å². The second-order valence-electron chi connectivity index (χ2n) is 5.16. The maximum Gasteiger partial charge on any atom is 0.262 e. The third-order valence-electron chi connectivity index (χ3n) is 3.59. The second kappa shape index (κ2) is 7.37. The van der Waals surface area contributed by atoms with E-state index in [0.29, 0.717) is 23.4 Å². The zero-order chi connectivity index (χ0) is 16.8. The fourth-order valence-electron chi connectivity index (χ4n) is 2.40. The number of hydrogen-bond acceptors (Lipinski definition) is 4. The molecule has 0 bridgehead atoms. The molecule has 1 heterocycles. The molecule has 0 saturated carbocycles. The van der Waals surface area contributed by atoms with E-state index in [1.54, 1.807) is 16.8 Å². The predicted molar refractivity (Wildman–Crippen MR) is 99.3 cm³/mol. The van der Waals surface area contributed by atoms with Crippen LogP contribution < -0.4 is 11.0 Å². The van der Waals surface area contributed by atoms with Crippen molar-refractivity contribution in [3.05, 3.63) is 76.6 Å². The predicted octanol–water partition coefficient (Wildman–Crippen LogP) is 3.53. The van der Waals surface area contributed by atoms with Gasteiger partial charge < -0.3 is 0 Å². The van der Waals surface area contributed by atoms with E-state index in [1.165, 1.54) is 0 Å². The van der Waals surface area contributed by atoms with Gasteiger partial charge >= 0.3 is 0 Å². The van der Waals surface area contributed by atoms with E-state index in [9.17, 15) is 4.79 Å². The Morgan fingerprint density at radius 2 is 1.88 bits per heavy atom. The SMILES string of the molecule is CCn1c(N/N=C\C=C\c2ccccc2)nc2ccccc2c1=O. The first-order valence-corrected chi connectivity index (χ1v) is 7.80. The lowest BCUT2D eigenvalue weighted by Crippen LogP contribution is -2.23. The van der Waals surface area contributed by atoms with Crippen LogP contribution in [0.1, 0.15) is 12.5 Å². The topological polar surface area (TPSA) is 59.3 Å². The standard InChI is InChI=1S/C19H18N4O/c1-2-23-18(24)16-12-6-7-13-17(16)21-19(23)22-20-14-8-11-15-9-4-3-5-10-15/h3-14H,2H2,1H3,(H,21,22)/b11-8+,20-14-. The monoisotopic (exact) mass is 318 g/mol. The second-order valence-corrected chi connectivity index (χ2v) is 5.16. The number of para-hydroxylation sites is 1. The van der Waals surface area contributed by atoms with Crippen LogP contribution in [0.25, 0.3) is 17.0 Å². The van der Waals surface area contributed by atoms with Gasteiger partial charge in [0.05, 0.1) is 10.9 Å². The highest BCUT2D eigenvalue weighted by atomic mass is 16.1. The first-order chi connectivity index (χ1) is 11.8. The third kappa shape index (κ3) is 3.41. The lowest BCUT2D eigenvalue weighted by molar-refractivity contribution is 0.724. The van der Waals surface area contributed by atoms with Gasteiger partial charge in [0.1, 0.15) is 0 Å². The van der Waals surface area contributed by atoms with Crippen LogP contribution in [0.3, 0.4) is 0 Å². The molecule has 1 N–H and O–H groups in total. The van der Waals surface area contributed by atoms with Crippen LogP contribution in [0.2, 0.25) is 0 Å². The summed E-state index contributed by atoms with van der Waals surface area (Å²) in [5, 5.41) is 4.74. The molecule has 1 aromatic heterocycles. The van der Waals surface area contributed by atoms with Gasteiger partial charge in [-0.05, 0) is 30.7 Å². The number of hydrogen-bond donors (Lipinski definition) is 1. The summed E-state index contributed by atoms with van der Waals surface area (Å²) in [6.07, 6.45) is 5.41. The molecule has 3 aromatic rings. The molecular weight excluding hydrogens is 300 g/mol. The number of hydrazone groups is 1. The van der Waals surface area contributed by atoms with Gasteiger partial charge in [0.25, 0.3) is 5.56 Å². The zero-order valence-electron chi connectivity index (χ0n) is 13.4. The van der Waals surface area contributed by atoms with Crippen molar-refractivity contribution in [2.24, 2.45) is 5.10 Å². The molecule has 2 aromatic carbocycles. The average molecular weight is 318 g/mol. The molecular formula is C19H18N4O. The summed E-state index contributed by atoms with van der Waals surface area (Å²) in [6, 6.07) is 17.3. The fraction of sp³-hybridized carbons (Fsp3) is 0.105. The Hall–Kier alpha value is -3.21. The molecule has 5 heteroatoms. The molecule has 0 aliphatic rings. The molecule has 0 radical (unpaired) electrons. The summed E-state index contributed by atoms with van der Waals surface area (Å²) < 4.78 is 1.57. The van der Waals surface area contributed by atoms with Gasteiger partial charge in [-0.2, -0.15) is 5.10 Å². The molecule has 0 spiro atoms. The Kier molecular flexibility index (Phi) is 4.81. The number of nitrogens with one attached hydrogen (secondary N) is 1. The van der Waals surface area contributed by atoms with Gasteiger partial charge in [-0.1, -0.05) is 48.5 Å². The minimum atomic E-state index is -0.0689. The molecule has 0 aliphatic heterocycles. The van der Waals surface area contributed by atoms with Gasteiger partial charge in [0, 0.05) is 12.8 Å². The maximum absolute atomic E-state index is 12.5. The molecule has 0 fully saturated rings. The minimum Gasteiger partial charge on any atom is -0.277 e. The Morgan fingerprint density at radius 1 is 1.12 bits per heavy atom.